The number of anilines is 1. The van der Waals surface area contributed by atoms with Gasteiger partial charge in [0.05, 0.1) is 16.8 Å². The van der Waals surface area contributed by atoms with Gasteiger partial charge in [-0.25, -0.2) is 4.98 Å². The molecule has 1 aromatic carbocycles. The van der Waals surface area contributed by atoms with Crippen molar-refractivity contribution in [1.29, 1.82) is 0 Å². The number of likely N-dealkylation sites (N-methyl/N-ethyl adjacent to an activating group) is 1. The first-order valence-corrected chi connectivity index (χ1v) is 9.34. The average Bonchev–Trinajstić information content (AvgIpc) is 3.15. The molecule has 0 aliphatic carbocycles. The number of fused-ring (bicyclic) bond motifs is 2. The summed E-state index contributed by atoms with van der Waals surface area (Å²) in [6.07, 6.45) is 0.869. The van der Waals surface area contributed by atoms with E-state index in [-0.39, 0.29) is 19.0 Å². The van der Waals surface area contributed by atoms with E-state index in [2.05, 4.69) is 22.1 Å². The SMILES string of the molecule is CCN1CCc2nc(NC(=O)CN3C(=O)c4ccccc4C3=O)sc2C1.Cl. The van der Waals surface area contributed by atoms with Crippen molar-refractivity contribution in [3.05, 3.63) is 46.0 Å². The van der Waals surface area contributed by atoms with E-state index in [0.717, 1.165) is 41.5 Å². The molecule has 2 aromatic rings. The Hall–Kier alpha value is -2.29. The van der Waals surface area contributed by atoms with E-state index >= 15 is 0 Å². The second-order valence-electron chi connectivity index (χ2n) is 6.30. The number of thiazole rings is 1. The Labute approximate surface area is 166 Å². The fourth-order valence-corrected chi connectivity index (χ4v) is 4.32. The fraction of sp³-hybridized carbons (Fsp3) is 0.333. The zero-order chi connectivity index (χ0) is 18.3. The number of nitrogens with one attached hydrogen (secondary N) is 1. The lowest BCUT2D eigenvalue weighted by Crippen LogP contribution is -2.37. The van der Waals surface area contributed by atoms with Gasteiger partial charge in [0, 0.05) is 24.4 Å². The van der Waals surface area contributed by atoms with Gasteiger partial charge in [0.1, 0.15) is 6.54 Å². The van der Waals surface area contributed by atoms with Crippen LogP contribution in [0.4, 0.5) is 5.13 Å². The van der Waals surface area contributed by atoms with E-state index in [4.69, 9.17) is 0 Å². The third-order valence-electron chi connectivity index (χ3n) is 4.68. The van der Waals surface area contributed by atoms with Crippen molar-refractivity contribution in [2.45, 2.75) is 19.9 Å². The summed E-state index contributed by atoms with van der Waals surface area (Å²) in [4.78, 5) is 46.0. The molecule has 0 saturated carbocycles. The molecule has 2 aliphatic heterocycles. The van der Waals surface area contributed by atoms with Gasteiger partial charge in [-0.3, -0.25) is 24.2 Å². The van der Waals surface area contributed by atoms with Crippen LogP contribution in [-0.2, 0) is 17.8 Å². The maximum Gasteiger partial charge on any atom is 0.262 e. The van der Waals surface area contributed by atoms with Gasteiger partial charge in [-0.1, -0.05) is 19.1 Å². The summed E-state index contributed by atoms with van der Waals surface area (Å²) < 4.78 is 0. The first-order valence-electron chi connectivity index (χ1n) is 8.53. The first-order chi connectivity index (χ1) is 12.6. The number of rotatable bonds is 4. The van der Waals surface area contributed by atoms with Crippen molar-refractivity contribution in [1.82, 2.24) is 14.8 Å². The molecule has 3 heterocycles. The van der Waals surface area contributed by atoms with E-state index < -0.39 is 17.7 Å². The summed E-state index contributed by atoms with van der Waals surface area (Å²) in [5, 5.41) is 3.25. The van der Waals surface area contributed by atoms with E-state index in [1.165, 1.54) is 11.3 Å². The molecule has 0 spiro atoms. The van der Waals surface area contributed by atoms with Gasteiger partial charge < -0.3 is 5.32 Å². The van der Waals surface area contributed by atoms with Crippen molar-refractivity contribution in [3.63, 3.8) is 0 Å². The molecular weight excluding hydrogens is 388 g/mol. The zero-order valence-electron chi connectivity index (χ0n) is 14.7. The standard InChI is InChI=1S/C18H18N4O3S.ClH/c1-2-21-8-7-13-14(9-21)26-18(19-13)20-15(23)10-22-16(24)11-5-3-4-6-12(11)17(22)25;/h3-6H,2,7-10H2,1H3,(H,19,20,23);1H. The van der Waals surface area contributed by atoms with Crippen LogP contribution in [0, 0.1) is 0 Å². The number of nitrogens with zero attached hydrogens (tertiary/aromatic N) is 3. The third-order valence-corrected chi connectivity index (χ3v) is 5.68. The third kappa shape index (κ3) is 3.60. The van der Waals surface area contributed by atoms with E-state index in [0.29, 0.717) is 16.3 Å². The molecule has 0 bridgehead atoms. The van der Waals surface area contributed by atoms with Gasteiger partial charge in [-0.2, -0.15) is 0 Å². The molecule has 0 radical (unpaired) electrons. The second-order valence-corrected chi connectivity index (χ2v) is 7.38. The van der Waals surface area contributed by atoms with Crippen molar-refractivity contribution in [2.24, 2.45) is 0 Å². The van der Waals surface area contributed by atoms with Crippen LogP contribution in [0.25, 0.3) is 0 Å². The Bertz CT molecular complexity index is 879. The number of halogens is 1. The molecule has 27 heavy (non-hydrogen) atoms. The molecule has 9 heteroatoms. The van der Waals surface area contributed by atoms with Gasteiger partial charge in [-0.05, 0) is 18.7 Å². The van der Waals surface area contributed by atoms with Crippen LogP contribution < -0.4 is 5.32 Å². The molecule has 0 saturated heterocycles. The van der Waals surface area contributed by atoms with Crippen LogP contribution in [0.1, 0.15) is 38.2 Å². The molecule has 0 unspecified atom stereocenters. The van der Waals surface area contributed by atoms with E-state index in [1.807, 2.05) is 0 Å². The van der Waals surface area contributed by atoms with Crippen molar-refractivity contribution in [2.75, 3.05) is 25.0 Å². The minimum absolute atomic E-state index is 0. The Morgan fingerprint density at radius 1 is 1.22 bits per heavy atom. The highest BCUT2D eigenvalue weighted by Crippen LogP contribution is 2.28. The van der Waals surface area contributed by atoms with Gasteiger partial charge in [-0.15, -0.1) is 23.7 Å². The smallest absolute Gasteiger partial charge is 0.262 e. The van der Waals surface area contributed by atoms with Crippen LogP contribution in [0.3, 0.4) is 0 Å². The molecule has 2 aliphatic rings. The minimum Gasteiger partial charge on any atom is -0.300 e. The van der Waals surface area contributed by atoms with Crippen LogP contribution in [0.5, 0.6) is 0 Å². The predicted octanol–water partition coefficient (Wildman–Crippen LogP) is 2.18. The lowest BCUT2D eigenvalue weighted by Gasteiger charge is -2.23. The zero-order valence-corrected chi connectivity index (χ0v) is 16.4. The summed E-state index contributed by atoms with van der Waals surface area (Å²) in [6.45, 7) is 4.61. The minimum atomic E-state index is -0.433. The summed E-state index contributed by atoms with van der Waals surface area (Å²) in [6, 6.07) is 6.60. The molecule has 0 fully saturated rings. The molecule has 0 atom stereocenters. The average molecular weight is 407 g/mol. The summed E-state index contributed by atoms with van der Waals surface area (Å²) in [5.74, 6) is -1.28. The Morgan fingerprint density at radius 3 is 2.52 bits per heavy atom. The number of aromatic nitrogens is 1. The largest absolute Gasteiger partial charge is 0.300 e. The van der Waals surface area contributed by atoms with Crippen LogP contribution in [-0.4, -0.2) is 52.1 Å². The number of imide groups is 1. The highest BCUT2D eigenvalue weighted by Gasteiger charge is 2.36. The molecule has 1 N–H and O–H groups in total. The fourth-order valence-electron chi connectivity index (χ4n) is 3.26. The molecule has 142 valence electrons. The molecule has 4 rings (SSSR count). The van der Waals surface area contributed by atoms with Crippen molar-refractivity contribution < 1.29 is 14.4 Å². The number of amides is 3. The molecule has 1 aromatic heterocycles. The van der Waals surface area contributed by atoms with Gasteiger partial charge in [0.25, 0.3) is 11.8 Å². The first kappa shape index (κ1) is 19.5. The Kier molecular flexibility index (Phi) is 5.59. The number of carbonyl (C=O) groups excluding carboxylic acids is 3. The number of carbonyl (C=O) groups is 3. The van der Waals surface area contributed by atoms with Crippen LogP contribution >= 0.6 is 23.7 Å². The molecule has 7 nitrogen and oxygen atoms in total. The molecular formula is C18H19ClN4O3S. The number of benzene rings is 1. The maximum atomic E-state index is 12.3. The number of hydrogen-bond acceptors (Lipinski definition) is 6. The van der Waals surface area contributed by atoms with Crippen molar-refractivity contribution >= 4 is 46.6 Å². The van der Waals surface area contributed by atoms with E-state index in [9.17, 15) is 14.4 Å². The lowest BCUT2D eigenvalue weighted by atomic mass is 10.1. The topological polar surface area (TPSA) is 82.6 Å². The van der Waals surface area contributed by atoms with E-state index in [1.54, 1.807) is 24.3 Å². The Balaban J connectivity index is 0.00000210. The highest BCUT2D eigenvalue weighted by atomic mass is 35.5. The van der Waals surface area contributed by atoms with Gasteiger partial charge in [0.15, 0.2) is 5.13 Å². The van der Waals surface area contributed by atoms with Crippen LogP contribution in [0.2, 0.25) is 0 Å². The number of hydrogen-bond donors (Lipinski definition) is 1. The quantitative estimate of drug-likeness (QED) is 0.787. The monoisotopic (exact) mass is 406 g/mol. The van der Waals surface area contributed by atoms with Gasteiger partial charge >= 0.3 is 0 Å². The second kappa shape index (κ2) is 7.75. The normalized spacial score (nSPS) is 16.0. The summed E-state index contributed by atoms with van der Waals surface area (Å²) in [7, 11) is 0. The summed E-state index contributed by atoms with van der Waals surface area (Å²) >= 11 is 1.46. The highest BCUT2D eigenvalue weighted by molar-refractivity contribution is 7.15. The summed E-state index contributed by atoms with van der Waals surface area (Å²) in [5.41, 5.74) is 1.71. The van der Waals surface area contributed by atoms with Crippen molar-refractivity contribution in [3.8, 4) is 0 Å². The lowest BCUT2D eigenvalue weighted by molar-refractivity contribution is -0.116. The van der Waals surface area contributed by atoms with Gasteiger partial charge in [0.2, 0.25) is 5.91 Å². The van der Waals surface area contributed by atoms with Crippen LogP contribution in [0.15, 0.2) is 24.3 Å². The predicted molar refractivity (Wildman–Crippen MR) is 104 cm³/mol. The maximum absolute atomic E-state index is 12.3. The molecule has 3 amide bonds. The Morgan fingerprint density at radius 2 is 1.89 bits per heavy atom.